The normalized spacial score (nSPS) is 15.1. The molecule has 0 bridgehead atoms. The SMILES string of the molecule is CSc1ccc2nc(N3CCN(C(=O)c4ccn(C(C)C)n4)CC3)sc2c1. The van der Waals surface area contributed by atoms with Gasteiger partial charge in [-0.05, 0) is 44.4 Å². The zero-order chi connectivity index (χ0) is 19.0. The third-order valence-electron chi connectivity index (χ3n) is 4.78. The van der Waals surface area contributed by atoms with E-state index in [1.54, 1.807) is 23.1 Å². The van der Waals surface area contributed by atoms with Crippen molar-refractivity contribution in [3.8, 4) is 0 Å². The van der Waals surface area contributed by atoms with Crippen LogP contribution in [0.15, 0.2) is 35.4 Å². The molecular formula is C19H23N5OS2. The van der Waals surface area contributed by atoms with Gasteiger partial charge in [0.05, 0.1) is 10.2 Å². The summed E-state index contributed by atoms with van der Waals surface area (Å²) in [5, 5.41) is 5.45. The number of benzene rings is 1. The number of anilines is 1. The molecule has 0 saturated carbocycles. The minimum atomic E-state index is 0.0166. The number of thiazole rings is 1. The monoisotopic (exact) mass is 401 g/mol. The van der Waals surface area contributed by atoms with E-state index in [1.807, 2.05) is 21.8 Å². The van der Waals surface area contributed by atoms with Gasteiger partial charge in [-0.15, -0.1) is 11.8 Å². The largest absolute Gasteiger partial charge is 0.345 e. The summed E-state index contributed by atoms with van der Waals surface area (Å²) in [7, 11) is 0. The van der Waals surface area contributed by atoms with Gasteiger partial charge in [0.25, 0.3) is 5.91 Å². The minimum Gasteiger partial charge on any atom is -0.345 e. The molecule has 3 aromatic rings. The van der Waals surface area contributed by atoms with Crippen molar-refractivity contribution in [2.75, 3.05) is 37.3 Å². The highest BCUT2D eigenvalue weighted by molar-refractivity contribution is 7.98. The quantitative estimate of drug-likeness (QED) is 0.623. The van der Waals surface area contributed by atoms with Gasteiger partial charge in [0, 0.05) is 43.3 Å². The Bertz CT molecular complexity index is 956. The van der Waals surface area contributed by atoms with E-state index in [9.17, 15) is 4.79 Å². The second kappa shape index (κ2) is 7.52. The third kappa shape index (κ3) is 3.68. The van der Waals surface area contributed by atoms with Gasteiger partial charge in [-0.3, -0.25) is 9.48 Å². The van der Waals surface area contributed by atoms with E-state index in [0.717, 1.165) is 23.7 Å². The van der Waals surface area contributed by atoms with Gasteiger partial charge in [-0.1, -0.05) is 11.3 Å². The minimum absolute atomic E-state index is 0.0166. The first-order valence-electron chi connectivity index (χ1n) is 9.09. The molecule has 0 unspecified atom stereocenters. The molecule has 1 aliphatic rings. The lowest BCUT2D eigenvalue weighted by Gasteiger charge is -2.34. The number of fused-ring (bicyclic) bond motifs is 1. The summed E-state index contributed by atoms with van der Waals surface area (Å²) in [6.45, 7) is 7.09. The first kappa shape index (κ1) is 18.3. The Morgan fingerprint density at radius 2 is 1.96 bits per heavy atom. The highest BCUT2D eigenvalue weighted by Crippen LogP contribution is 2.32. The van der Waals surface area contributed by atoms with Gasteiger partial charge in [0.1, 0.15) is 5.69 Å². The van der Waals surface area contributed by atoms with Crippen molar-refractivity contribution in [1.29, 1.82) is 0 Å². The number of carbonyl (C=O) groups excluding carboxylic acids is 1. The summed E-state index contributed by atoms with van der Waals surface area (Å²) in [5.74, 6) is 0.0166. The van der Waals surface area contributed by atoms with Gasteiger partial charge < -0.3 is 9.80 Å². The van der Waals surface area contributed by atoms with Crippen LogP contribution in [0.5, 0.6) is 0 Å². The van der Waals surface area contributed by atoms with E-state index < -0.39 is 0 Å². The molecule has 0 atom stereocenters. The number of hydrogen-bond donors (Lipinski definition) is 0. The highest BCUT2D eigenvalue weighted by atomic mass is 32.2. The van der Waals surface area contributed by atoms with Crippen molar-refractivity contribution >= 4 is 44.4 Å². The molecule has 0 N–H and O–H groups in total. The number of hydrogen-bond acceptors (Lipinski definition) is 6. The molecule has 1 aliphatic heterocycles. The predicted octanol–water partition coefficient (Wildman–Crippen LogP) is 3.76. The van der Waals surface area contributed by atoms with Crippen molar-refractivity contribution < 1.29 is 4.79 Å². The average Bonchev–Trinajstić information content (AvgIpc) is 3.34. The zero-order valence-corrected chi connectivity index (χ0v) is 17.4. The molecule has 1 fully saturated rings. The van der Waals surface area contributed by atoms with E-state index in [4.69, 9.17) is 4.98 Å². The number of carbonyl (C=O) groups is 1. The Kier molecular flexibility index (Phi) is 5.10. The Labute approximate surface area is 167 Å². The van der Waals surface area contributed by atoms with Crippen molar-refractivity contribution in [2.45, 2.75) is 24.8 Å². The molecular weight excluding hydrogens is 378 g/mol. The molecule has 8 heteroatoms. The molecule has 3 heterocycles. The molecule has 2 aromatic heterocycles. The molecule has 4 rings (SSSR count). The van der Waals surface area contributed by atoms with Crippen LogP contribution >= 0.6 is 23.1 Å². The third-order valence-corrected chi connectivity index (χ3v) is 6.58. The number of nitrogens with zero attached hydrogens (tertiary/aromatic N) is 5. The Morgan fingerprint density at radius 1 is 1.19 bits per heavy atom. The highest BCUT2D eigenvalue weighted by Gasteiger charge is 2.25. The summed E-state index contributed by atoms with van der Waals surface area (Å²) >= 11 is 3.47. The van der Waals surface area contributed by atoms with Gasteiger partial charge in [0.15, 0.2) is 5.13 Å². The van der Waals surface area contributed by atoms with Gasteiger partial charge in [0.2, 0.25) is 0 Å². The number of rotatable bonds is 4. The smallest absolute Gasteiger partial charge is 0.274 e. The van der Waals surface area contributed by atoms with Crippen LogP contribution in [-0.2, 0) is 0 Å². The fourth-order valence-electron chi connectivity index (χ4n) is 3.16. The topological polar surface area (TPSA) is 54.3 Å². The Balaban J connectivity index is 1.43. The van der Waals surface area contributed by atoms with E-state index >= 15 is 0 Å². The van der Waals surface area contributed by atoms with E-state index in [0.29, 0.717) is 18.8 Å². The molecule has 1 saturated heterocycles. The van der Waals surface area contributed by atoms with Crippen LogP contribution in [0.2, 0.25) is 0 Å². The number of amides is 1. The molecule has 1 amide bonds. The fraction of sp³-hybridized carbons (Fsp3) is 0.421. The van der Waals surface area contributed by atoms with Gasteiger partial charge >= 0.3 is 0 Å². The lowest BCUT2D eigenvalue weighted by molar-refractivity contribution is 0.0739. The van der Waals surface area contributed by atoms with E-state index in [2.05, 4.69) is 48.3 Å². The van der Waals surface area contributed by atoms with Crippen molar-refractivity contribution in [3.63, 3.8) is 0 Å². The molecule has 0 aliphatic carbocycles. The molecule has 27 heavy (non-hydrogen) atoms. The Morgan fingerprint density at radius 3 is 2.63 bits per heavy atom. The van der Waals surface area contributed by atoms with Crippen LogP contribution in [0.1, 0.15) is 30.4 Å². The molecule has 6 nitrogen and oxygen atoms in total. The van der Waals surface area contributed by atoms with Crippen LogP contribution in [0, 0.1) is 0 Å². The van der Waals surface area contributed by atoms with Crippen LogP contribution in [0.25, 0.3) is 10.2 Å². The average molecular weight is 402 g/mol. The first-order chi connectivity index (χ1) is 13.0. The first-order valence-corrected chi connectivity index (χ1v) is 11.1. The van der Waals surface area contributed by atoms with Crippen LogP contribution in [0.4, 0.5) is 5.13 Å². The maximum absolute atomic E-state index is 12.7. The van der Waals surface area contributed by atoms with Crippen molar-refractivity contribution in [2.24, 2.45) is 0 Å². The van der Waals surface area contributed by atoms with Crippen LogP contribution in [0.3, 0.4) is 0 Å². The summed E-state index contributed by atoms with van der Waals surface area (Å²) in [6, 6.07) is 8.47. The maximum atomic E-state index is 12.7. The standard InChI is InChI=1S/C19H23N5OS2/c1-13(2)24-7-6-16(21-24)18(25)22-8-10-23(11-9-22)19-20-15-5-4-14(26-3)12-17(15)27-19/h4-7,12-13H,8-11H2,1-3H3. The summed E-state index contributed by atoms with van der Waals surface area (Å²) in [4.78, 5) is 22.9. The summed E-state index contributed by atoms with van der Waals surface area (Å²) < 4.78 is 3.04. The molecule has 0 radical (unpaired) electrons. The summed E-state index contributed by atoms with van der Waals surface area (Å²) in [6.07, 6.45) is 3.96. The van der Waals surface area contributed by atoms with E-state index in [1.165, 1.54) is 9.60 Å². The lowest BCUT2D eigenvalue weighted by atomic mass is 10.3. The van der Waals surface area contributed by atoms with Gasteiger partial charge in [-0.25, -0.2) is 4.98 Å². The van der Waals surface area contributed by atoms with Crippen molar-refractivity contribution in [3.05, 3.63) is 36.2 Å². The number of thioether (sulfide) groups is 1. The van der Waals surface area contributed by atoms with E-state index in [-0.39, 0.29) is 11.9 Å². The molecule has 142 valence electrons. The number of aromatic nitrogens is 3. The fourth-order valence-corrected chi connectivity index (χ4v) is 4.73. The molecule has 0 spiro atoms. The van der Waals surface area contributed by atoms with Gasteiger partial charge in [-0.2, -0.15) is 5.10 Å². The van der Waals surface area contributed by atoms with Crippen molar-refractivity contribution in [1.82, 2.24) is 19.7 Å². The zero-order valence-electron chi connectivity index (χ0n) is 15.8. The molecule has 1 aromatic carbocycles. The maximum Gasteiger partial charge on any atom is 0.274 e. The Hall–Kier alpha value is -2.06. The van der Waals surface area contributed by atoms with Crippen LogP contribution in [-0.4, -0.2) is 58.0 Å². The van der Waals surface area contributed by atoms with Crippen LogP contribution < -0.4 is 4.90 Å². The second-order valence-electron chi connectivity index (χ2n) is 6.88. The predicted molar refractivity (Wildman–Crippen MR) is 112 cm³/mol. The summed E-state index contributed by atoms with van der Waals surface area (Å²) in [5.41, 5.74) is 1.58. The number of piperazine rings is 1. The second-order valence-corrected chi connectivity index (χ2v) is 8.77. The lowest BCUT2D eigenvalue weighted by Crippen LogP contribution is -2.48.